The Kier molecular flexibility index (Phi) is 2.30. The molecule has 0 radical (unpaired) electrons. The van der Waals surface area contributed by atoms with Gasteiger partial charge >= 0.3 is 0 Å². The van der Waals surface area contributed by atoms with Crippen molar-refractivity contribution in [1.29, 1.82) is 0 Å². The molecule has 1 atom stereocenters. The molecule has 2 heteroatoms. The molecule has 0 aromatic heterocycles. The number of hydrogen-bond donors (Lipinski definition) is 2. The summed E-state index contributed by atoms with van der Waals surface area (Å²) in [4.78, 5) is 0. The third-order valence-corrected chi connectivity index (χ3v) is 1.65. The van der Waals surface area contributed by atoms with Crippen molar-refractivity contribution in [3.8, 4) is 0 Å². The third-order valence-electron chi connectivity index (χ3n) is 1.65. The van der Waals surface area contributed by atoms with Crippen LogP contribution in [0.2, 0.25) is 0 Å². The average molecular weight is 115 g/mol. The van der Waals surface area contributed by atoms with E-state index in [9.17, 15) is 0 Å². The molecule has 0 bridgehead atoms. The van der Waals surface area contributed by atoms with Crippen molar-refractivity contribution in [3.63, 3.8) is 0 Å². The molecule has 0 spiro atoms. The number of quaternary nitrogens is 1. The van der Waals surface area contributed by atoms with Crippen LogP contribution in [0.3, 0.4) is 0 Å². The van der Waals surface area contributed by atoms with Crippen LogP contribution in [0.25, 0.3) is 0 Å². The molecule has 3 N–H and O–H groups in total. The number of rotatable bonds is 0. The summed E-state index contributed by atoms with van der Waals surface area (Å²) in [5, 5.41) is 5.78. The maximum absolute atomic E-state index is 3.41. The fraction of sp³-hybridized carbons (Fsp3) is 1.00. The summed E-state index contributed by atoms with van der Waals surface area (Å²) in [7, 11) is 0. The second kappa shape index (κ2) is 3.05. The van der Waals surface area contributed by atoms with Crippen LogP contribution in [0.1, 0.15) is 13.3 Å². The van der Waals surface area contributed by atoms with Gasteiger partial charge in [-0.25, -0.2) is 0 Å². The molecule has 1 heterocycles. The smallest absolute Gasteiger partial charge is 0.0882 e. The molecule has 1 saturated heterocycles. The summed E-state index contributed by atoms with van der Waals surface area (Å²) in [6.07, 6.45) is 1.32. The maximum atomic E-state index is 3.41. The fourth-order valence-corrected chi connectivity index (χ4v) is 1.05. The van der Waals surface area contributed by atoms with E-state index in [0.717, 1.165) is 6.04 Å². The Morgan fingerprint density at radius 3 is 3.25 bits per heavy atom. The molecule has 0 aliphatic carbocycles. The number of hydrogen-bond acceptors (Lipinski definition) is 1. The first kappa shape index (κ1) is 6.05. The normalized spacial score (nSPS) is 31.9. The van der Waals surface area contributed by atoms with E-state index in [4.69, 9.17) is 0 Å². The van der Waals surface area contributed by atoms with Gasteiger partial charge in [0.15, 0.2) is 0 Å². The van der Waals surface area contributed by atoms with Gasteiger partial charge in [0, 0.05) is 19.0 Å². The van der Waals surface area contributed by atoms with Gasteiger partial charge in [0.25, 0.3) is 0 Å². The van der Waals surface area contributed by atoms with Crippen LogP contribution in [0.15, 0.2) is 0 Å². The zero-order valence-corrected chi connectivity index (χ0v) is 5.48. The van der Waals surface area contributed by atoms with Crippen molar-refractivity contribution >= 4 is 0 Å². The maximum Gasteiger partial charge on any atom is 0.0882 e. The minimum Gasteiger partial charge on any atom is -0.345 e. The van der Waals surface area contributed by atoms with Crippen LogP contribution in [0.4, 0.5) is 0 Å². The van der Waals surface area contributed by atoms with Gasteiger partial charge < -0.3 is 10.6 Å². The molecule has 0 saturated carbocycles. The first-order valence-corrected chi connectivity index (χ1v) is 3.44. The van der Waals surface area contributed by atoms with Crippen LogP contribution in [-0.2, 0) is 0 Å². The van der Waals surface area contributed by atoms with E-state index in [1.165, 1.54) is 26.1 Å². The lowest BCUT2D eigenvalue weighted by molar-refractivity contribution is -0.650. The Hall–Kier alpha value is -0.0800. The second-order valence-corrected chi connectivity index (χ2v) is 2.51. The van der Waals surface area contributed by atoms with Crippen LogP contribution in [-0.4, -0.2) is 25.7 Å². The zero-order chi connectivity index (χ0) is 5.82. The van der Waals surface area contributed by atoms with Crippen molar-refractivity contribution in [2.24, 2.45) is 0 Å². The second-order valence-electron chi connectivity index (χ2n) is 2.51. The molecule has 0 aromatic rings. The van der Waals surface area contributed by atoms with Crippen molar-refractivity contribution in [1.82, 2.24) is 5.32 Å². The van der Waals surface area contributed by atoms with Gasteiger partial charge in [-0.3, -0.25) is 0 Å². The number of nitrogens with two attached hydrogens (primary N) is 1. The molecule has 0 aromatic carbocycles. The van der Waals surface area contributed by atoms with Gasteiger partial charge in [0.1, 0.15) is 0 Å². The molecule has 0 unspecified atom stereocenters. The highest BCUT2D eigenvalue weighted by atomic mass is 15.0. The molecule has 1 fully saturated rings. The van der Waals surface area contributed by atoms with E-state index in [0.29, 0.717) is 0 Å². The number of nitrogens with one attached hydrogen (secondary N) is 1. The first-order chi connectivity index (χ1) is 3.89. The Morgan fingerprint density at radius 2 is 2.38 bits per heavy atom. The highest BCUT2D eigenvalue weighted by Crippen LogP contribution is 1.85. The van der Waals surface area contributed by atoms with Crippen LogP contribution < -0.4 is 10.6 Å². The van der Waals surface area contributed by atoms with Gasteiger partial charge in [0.05, 0.1) is 13.1 Å². The highest BCUT2D eigenvalue weighted by Gasteiger charge is 2.05. The lowest BCUT2D eigenvalue weighted by Crippen LogP contribution is -2.84. The van der Waals surface area contributed by atoms with Gasteiger partial charge in [-0.2, -0.15) is 0 Å². The molecular formula is C6H15N2+. The largest absolute Gasteiger partial charge is 0.345 e. The predicted octanol–water partition coefficient (Wildman–Crippen LogP) is -1.07. The molecule has 1 aliphatic rings. The minimum absolute atomic E-state index is 0.744. The monoisotopic (exact) mass is 115 g/mol. The molecule has 48 valence electrons. The van der Waals surface area contributed by atoms with Crippen LogP contribution >= 0.6 is 0 Å². The minimum atomic E-state index is 0.744. The summed E-state index contributed by atoms with van der Waals surface area (Å²) in [5.41, 5.74) is 0. The fourth-order valence-electron chi connectivity index (χ4n) is 1.05. The predicted molar refractivity (Wildman–Crippen MR) is 33.7 cm³/mol. The Bertz CT molecular complexity index is 55.5. The quantitative estimate of drug-likeness (QED) is 0.413. The van der Waals surface area contributed by atoms with E-state index in [-0.39, 0.29) is 0 Å². The van der Waals surface area contributed by atoms with Crippen molar-refractivity contribution in [2.45, 2.75) is 19.4 Å². The lowest BCUT2D eigenvalue weighted by atomic mass is 10.2. The SMILES string of the molecule is C[C@@H]1CC[NH2+]CCN1. The van der Waals surface area contributed by atoms with Crippen LogP contribution in [0, 0.1) is 0 Å². The van der Waals surface area contributed by atoms with Crippen molar-refractivity contribution in [2.75, 3.05) is 19.6 Å². The van der Waals surface area contributed by atoms with Gasteiger partial charge in [-0.05, 0) is 6.92 Å². The summed E-state index contributed by atoms with van der Waals surface area (Å²) < 4.78 is 0. The van der Waals surface area contributed by atoms with Crippen LogP contribution in [0.5, 0.6) is 0 Å². The topological polar surface area (TPSA) is 28.6 Å². The average Bonchev–Trinajstić information content (AvgIpc) is 1.94. The zero-order valence-electron chi connectivity index (χ0n) is 5.48. The van der Waals surface area contributed by atoms with Crippen molar-refractivity contribution in [3.05, 3.63) is 0 Å². The molecule has 1 aliphatic heterocycles. The Balaban J connectivity index is 2.17. The summed E-state index contributed by atoms with van der Waals surface area (Å²) in [5.74, 6) is 0. The first-order valence-electron chi connectivity index (χ1n) is 3.44. The van der Waals surface area contributed by atoms with E-state index in [2.05, 4.69) is 17.6 Å². The Morgan fingerprint density at radius 1 is 1.50 bits per heavy atom. The van der Waals surface area contributed by atoms with Crippen molar-refractivity contribution < 1.29 is 5.32 Å². The highest BCUT2D eigenvalue weighted by molar-refractivity contribution is 4.59. The molecular weight excluding hydrogens is 100 g/mol. The molecule has 2 nitrogen and oxygen atoms in total. The molecule has 0 amide bonds. The van der Waals surface area contributed by atoms with Gasteiger partial charge in [0.2, 0.25) is 0 Å². The van der Waals surface area contributed by atoms with E-state index >= 15 is 0 Å². The van der Waals surface area contributed by atoms with Gasteiger partial charge in [-0.1, -0.05) is 0 Å². The summed E-state index contributed by atoms with van der Waals surface area (Å²) in [6, 6.07) is 0.744. The Labute approximate surface area is 50.7 Å². The lowest BCUT2D eigenvalue weighted by Gasteiger charge is -2.04. The third kappa shape index (κ3) is 1.80. The van der Waals surface area contributed by atoms with E-state index in [1.54, 1.807) is 0 Å². The van der Waals surface area contributed by atoms with E-state index < -0.39 is 0 Å². The summed E-state index contributed by atoms with van der Waals surface area (Å²) in [6.45, 7) is 5.98. The molecule has 8 heavy (non-hydrogen) atoms. The standard InChI is InChI=1S/C6H14N2/c1-6-2-3-7-4-5-8-6/h6-8H,2-5H2,1H3/p+1/t6-/m1/s1. The molecule has 1 rings (SSSR count). The van der Waals surface area contributed by atoms with E-state index in [1.807, 2.05) is 0 Å². The van der Waals surface area contributed by atoms with Gasteiger partial charge in [-0.15, -0.1) is 0 Å². The summed E-state index contributed by atoms with van der Waals surface area (Å²) >= 11 is 0.